The Morgan fingerprint density at radius 3 is 2.47 bits per heavy atom. The van der Waals surface area contributed by atoms with Crippen molar-refractivity contribution < 1.29 is 13.2 Å². The van der Waals surface area contributed by atoms with Crippen LogP contribution in [0.2, 0.25) is 0 Å². The molecule has 0 aromatic carbocycles. The van der Waals surface area contributed by atoms with E-state index >= 15 is 0 Å². The van der Waals surface area contributed by atoms with Crippen LogP contribution in [0.4, 0.5) is 13.2 Å². The summed E-state index contributed by atoms with van der Waals surface area (Å²) in [5.41, 5.74) is 0.248. The molecular weight excluding hydrogens is 341 g/mol. The Labute approximate surface area is 120 Å². The molecule has 0 aliphatic heterocycles. The van der Waals surface area contributed by atoms with E-state index in [4.69, 9.17) is 0 Å². The molecule has 19 heavy (non-hydrogen) atoms. The summed E-state index contributed by atoms with van der Waals surface area (Å²) in [6, 6.07) is 4.19. The van der Waals surface area contributed by atoms with Gasteiger partial charge < -0.3 is 0 Å². The van der Waals surface area contributed by atoms with Gasteiger partial charge in [-0.05, 0) is 58.4 Å². The fraction of sp³-hybridized carbons (Fsp3) is 0.167. The highest BCUT2D eigenvalue weighted by atomic mass is 79.9. The summed E-state index contributed by atoms with van der Waals surface area (Å²) in [6.07, 6.45) is -1.89. The minimum absolute atomic E-state index is 0.465. The largest absolute Gasteiger partial charge is 0.417 e. The fourth-order valence-electron chi connectivity index (χ4n) is 1.29. The number of rotatable bonds is 2. The maximum atomic E-state index is 12.4. The van der Waals surface area contributed by atoms with Crippen LogP contribution in [0.15, 0.2) is 45.1 Å². The van der Waals surface area contributed by atoms with Crippen molar-refractivity contribution in [1.29, 1.82) is 0 Å². The van der Waals surface area contributed by atoms with Crippen LogP contribution in [-0.2, 0) is 6.18 Å². The van der Waals surface area contributed by atoms with E-state index < -0.39 is 11.7 Å². The van der Waals surface area contributed by atoms with Gasteiger partial charge in [0.2, 0.25) is 0 Å². The number of pyridine rings is 2. The Morgan fingerprint density at radius 1 is 1.16 bits per heavy atom. The van der Waals surface area contributed by atoms with Gasteiger partial charge in [0.15, 0.2) is 0 Å². The summed E-state index contributed by atoms with van der Waals surface area (Å²) in [7, 11) is 0. The van der Waals surface area contributed by atoms with Crippen molar-refractivity contribution in [3.05, 3.63) is 46.2 Å². The molecule has 0 aliphatic rings. The standard InChI is InChI=1S/C12H8BrF3N2S/c1-7-4-5-17-11(10(7)13)19-9-3-2-8(6-18-9)12(14,15)16/h2-6H,1H3. The topological polar surface area (TPSA) is 25.8 Å². The number of nitrogens with zero attached hydrogens (tertiary/aromatic N) is 2. The van der Waals surface area contributed by atoms with Gasteiger partial charge in [-0.25, -0.2) is 9.97 Å². The zero-order valence-corrected chi connectivity index (χ0v) is 12.1. The van der Waals surface area contributed by atoms with Crippen molar-refractivity contribution in [2.45, 2.75) is 23.2 Å². The van der Waals surface area contributed by atoms with Crippen LogP contribution in [-0.4, -0.2) is 9.97 Å². The van der Waals surface area contributed by atoms with E-state index in [1.807, 2.05) is 13.0 Å². The van der Waals surface area contributed by atoms with Gasteiger partial charge in [-0.1, -0.05) is 0 Å². The first-order chi connectivity index (χ1) is 8.88. The molecule has 2 rings (SSSR count). The Morgan fingerprint density at radius 2 is 1.89 bits per heavy atom. The zero-order chi connectivity index (χ0) is 14.0. The predicted octanol–water partition coefficient (Wildman–Crippen LogP) is 4.72. The predicted molar refractivity (Wildman–Crippen MR) is 70.0 cm³/mol. The van der Waals surface area contributed by atoms with Crippen molar-refractivity contribution in [2.75, 3.05) is 0 Å². The molecule has 0 saturated heterocycles. The second-order valence-corrected chi connectivity index (χ2v) is 5.53. The minimum Gasteiger partial charge on any atom is -0.249 e. The molecule has 7 heteroatoms. The van der Waals surface area contributed by atoms with E-state index in [-0.39, 0.29) is 0 Å². The Bertz CT molecular complexity index is 585. The number of alkyl halides is 3. The fourth-order valence-corrected chi connectivity index (χ4v) is 2.57. The third-order valence-electron chi connectivity index (χ3n) is 2.32. The number of aromatic nitrogens is 2. The van der Waals surface area contributed by atoms with E-state index in [1.165, 1.54) is 17.8 Å². The lowest BCUT2D eigenvalue weighted by Gasteiger charge is -2.07. The maximum Gasteiger partial charge on any atom is 0.417 e. The summed E-state index contributed by atoms with van der Waals surface area (Å²) < 4.78 is 38.0. The van der Waals surface area contributed by atoms with Gasteiger partial charge in [0.25, 0.3) is 0 Å². The zero-order valence-electron chi connectivity index (χ0n) is 9.70. The average Bonchev–Trinajstić information content (AvgIpc) is 2.35. The van der Waals surface area contributed by atoms with E-state index in [0.717, 1.165) is 22.3 Å². The van der Waals surface area contributed by atoms with Gasteiger partial charge in [-0.15, -0.1) is 0 Å². The third-order valence-corrected chi connectivity index (χ3v) is 4.53. The molecule has 2 heterocycles. The van der Waals surface area contributed by atoms with Gasteiger partial charge in [0.1, 0.15) is 10.1 Å². The summed E-state index contributed by atoms with van der Waals surface area (Å²) >= 11 is 4.60. The molecule has 0 unspecified atom stereocenters. The van der Waals surface area contributed by atoms with Crippen LogP contribution in [0, 0.1) is 6.92 Å². The maximum absolute atomic E-state index is 12.4. The van der Waals surface area contributed by atoms with Crippen molar-refractivity contribution >= 4 is 27.7 Å². The second-order valence-electron chi connectivity index (χ2n) is 3.73. The third kappa shape index (κ3) is 3.48. The van der Waals surface area contributed by atoms with Gasteiger partial charge in [0, 0.05) is 12.4 Å². The average molecular weight is 349 g/mol. The molecule has 0 N–H and O–H groups in total. The van der Waals surface area contributed by atoms with Crippen molar-refractivity contribution in [1.82, 2.24) is 9.97 Å². The lowest BCUT2D eigenvalue weighted by molar-refractivity contribution is -0.137. The first kappa shape index (κ1) is 14.3. The van der Waals surface area contributed by atoms with Crippen molar-refractivity contribution in [2.24, 2.45) is 0 Å². The van der Waals surface area contributed by atoms with Gasteiger partial charge in [0.05, 0.1) is 10.0 Å². The van der Waals surface area contributed by atoms with Crippen molar-refractivity contribution in [3.63, 3.8) is 0 Å². The van der Waals surface area contributed by atoms with Crippen LogP contribution in [0.1, 0.15) is 11.1 Å². The van der Waals surface area contributed by atoms with E-state index in [2.05, 4.69) is 25.9 Å². The van der Waals surface area contributed by atoms with Crippen LogP contribution >= 0.6 is 27.7 Å². The SMILES string of the molecule is Cc1ccnc(Sc2ccc(C(F)(F)F)cn2)c1Br. The van der Waals surface area contributed by atoms with E-state index in [9.17, 15) is 13.2 Å². The Hall–Kier alpha value is -1.08. The molecule has 0 spiro atoms. The lowest BCUT2D eigenvalue weighted by Crippen LogP contribution is -2.05. The Kier molecular flexibility index (Phi) is 4.15. The molecule has 0 atom stereocenters. The monoisotopic (exact) mass is 348 g/mol. The molecule has 0 radical (unpaired) electrons. The van der Waals surface area contributed by atoms with Crippen LogP contribution in [0.3, 0.4) is 0 Å². The molecule has 2 nitrogen and oxygen atoms in total. The van der Waals surface area contributed by atoms with Crippen LogP contribution < -0.4 is 0 Å². The Balaban J connectivity index is 2.23. The molecule has 0 aliphatic carbocycles. The number of aryl methyl sites for hydroxylation is 1. The summed E-state index contributed by atoms with van der Waals surface area (Å²) in [5.74, 6) is 0. The second kappa shape index (κ2) is 5.50. The first-order valence-electron chi connectivity index (χ1n) is 5.20. The molecule has 100 valence electrons. The van der Waals surface area contributed by atoms with Gasteiger partial charge in [-0.3, -0.25) is 0 Å². The number of hydrogen-bond donors (Lipinski definition) is 0. The van der Waals surface area contributed by atoms with Crippen LogP contribution in [0.5, 0.6) is 0 Å². The van der Waals surface area contributed by atoms with Crippen molar-refractivity contribution in [3.8, 4) is 0 Å². The van der Waals surface area contributed by atoms with Gasteiger partial charge in [-0.2, -0.15) is 13.2 Å². The molecule has 0 bridgehead atoms. The first-order valence-corrected chi connectivity index (χ1v) is 6.81. The highest BCUT2D eigenvalue weighted by molar-refractivity contribution is 9.10. The molecule has 2 aromatic heterocycles. The normalized spacial score (nSPS) is 11.6. The van der Waals surface area contributed by atoms with Crippen LogP contribution in [0.25, 0.3) is 0 Å². The van der Waals surface area contributed by atoms with E-state index in [1.54, 1.807) is 6.20 Å². The van der Waals surface area contributed by atoms with Gasteiger partial charge >= 0.3 is 6.18 Å². The summed E-state index contributed by atoms with van der Waals surface area (Å²) in [6.45, 7) is 1.91. The number of halogens is 4. The molecule has 0 amide bonds. The molecule has 2 aromatic rings. The lowest BCUT2D eigenvalue weighted by atomic mass is 10.3. The number of hydrogen-bond acceptors (Lipinski definition) is 3. The highest BCUT2D eigenvalue weighted by Gasteiger charge is 2.30. The molecule has 0 saturated carbocycles. The summed E-state index contributed by atoms with van der Waals surface area (Å²) in [5, 5.41) is 1.14. The quantitative estimate of drug-likeness (QED) is 0.785. The molecule has 0 fully saturated rings. The minimum atomic E-state index is -4.36. The smallest absolute Gasteiger partial charge is 0.249 e. The highest BCUT2D eigenvalue weighted by Crippen LogP contribution is 2.34. The molecular formula is C12H8BrF3N2S. The van der Waals surface area contributed by atoms with E-state index in [0.29, 0.717) is 10.1 Å². The summed E-state index contributed by atoms with van der Waals surface area (Å²) in [4.78, 5) is 7.95.